The van der Waals surface area contributed by atoms with Gasteiger partial charge in [-0.3, -0.25) is 10.1 Å². The fraction of sp³-hybridized carbons (Fsp3) is 0. The number of rotatable bonds is 3. The third kappa shape index (κ3) is 2.79. The van der Waals surface area contributed by atoms with Crippen LogP contribution in [-0.4, -0.2) is 4.92 Å². The van der Waals surface area contributed by atoms with E-state index >= 15 is 0 Å². The van der Waals surface area contributed by atoms with Crippen LogP contribution in [0.25, 0.3) is 0 Å². The van der Waals surface area contributed by atoms with Gasteiger partial charge in [-0.25, -0.2) is 0 Å². The summed E-state index contributed by atoms with van der Waals surface area (Å²) in [5.74, 6) is 0.414. The van der Waals surface area contributed by atoms with Crippen molar-refractivity contribution < 1.29 is 9.66 Å². The summed E-state index contributed by atoms with van der Waals surface area (Å²) >= 11 is 23.6. The van der Waals surface area contributed by atoms with Gasteiger partial charge in [-0.2, -0.15) is 0 Å². The van der Waals surface area contributed by atoms with E-state index in [0.29, 0.717) is 5.75 Å². The van der Waals surface area contributed by atoms with Crippen molar-refractivity contribution in [2.75, 3.05) is 0 Å². The Morgan fingerprint density at radius 3 is 1.85 bits per heavy atom. The second kappa shape index (κ2) is 6.06. The molecule has 2 rings (SSSR count). The van der Waals surface area contributed by atoms with Crippen LogP contribution in [0.4, 0.5) is 5.69 Å². The number of para-hydroxylation sites is 1. The fourth-order valence-corrected chi connectivity index (χ4v) is 2.50. The van der Waals surface area contributed by atoms with Gasteiger partial charge >= 0.3 is 5.69 Å². The highest BCUT2D eigenvalue weighted by molar-refractivity contribution is 6.51. The van der Waals surface area contributed by atoms with Crippen molar-refractivity contribution in [3.63, 3.8) is 0 Å². The topological polar surface area (TPSA) is 52.4 Å². The summed E-state index contributed by atoms with van der Waals surface area (Å²) < 4.78 is 5.48. The van der Waals surface area contributed by atoms with E-state index in [1.807, 2.05) is 0 Å². The highest BCUT2D eigenvalue weighted by Crippen LogP contribution is 2.50. The highest BCUT2D eigenvalue weighted by atomic mass is 35.5. The van der Waals surface area contributed by atoms with Gasteiger partial charge in [0.2, 0.25) is 0 Å². The maximum absolute atomic E-state index is 10.9. The first-order valence-electron chi connectivity index (χ1n) is 5.16. The SMILES string of the molecule is O=[N+]([O-])c1c(Cl)c(Cl)c(Oc2ccccc2)c(Cl)c1Cl. The maximum Gasteiger partial charge on any atom is 0.309 e. The Balaban J connectivity index is 2.58. The van der Waals surface area contributed by atoms with Crippen LogP contribution < -0.4 is 4.74 Å². The van der Waals surface area contributed by atoms with Crippen LogP contribution in [0.1, 0.15) is 0 Å². The number of hydrogen-bond acceptors (Lipinski definition) is 3. The summed E-state index contributed by atoms with van der Waals surface area (Å²) in [5, 5.41) is 9.91. The van der Waals surface area contributed by atoms with Gasteiger partial charge in [0, 0.05) is 0 Å². The molecule has 0 saturated carbocycles. The van der Waals surface area contributed by atoms with Crippen LogP contribution >= 0.6 is 46.4 Å². The van der Waals surface area contributed by atoms with Crippen molar-refractivity contribution in [1.29, 1.82) is 0 Å². The first-order chi connectivity index (χ1) is 9.43. The predicted molar refractivity (Wildman–Crippen MR) is 79.7 cm³/mol. The number of nitrogens with zero attached hydrogens (tertiary/aromatic N) is 1. The van der Waals surface area contributed by atoms with E-state index < -0.39 is 10.6 Å². The summed E-state index contributed by atoms with van der Waals surface area (Å²) in [6, 6.07) is 8.61. The Morgan fingerprint density at radius 2 is 1.40 bits per heavy atom. The Hall–Kier alpha value is -1.20. The molecule has 0 amide bonds. The van der Waals surface area contributed by atoms with E-state index in [2.05, 4.69) is 0 Å². The van der Waals surface area contributed by atoms with Gasteiger partial charge in [0.25, 0.3) is 0 Å². The van der Waals surface area contributed by atoms with Crippen molar-refractivity contribution >= 4 is 52.1 Å². The molecule has 2 aromatic carbocycles. The molecule has 0 N–H and O–H groups in total. The van der Waals surface area contributed by atoms with Gasteiger partial charge in [0.15, 0.2) is 5.75 Å². The number of ether oxygens (including phenoxy) is 1. The third-order valence-electron chi connectivity index (χ3n) is 2.35. The molecule has 0 aliphatic heterocycles. The smallest absolute Gasteiger partial charge is 0.309 e. The van der Waals surface area contributed by atoms with Crippen molar-refractivity contribution in [2.24, 2.45) is 0 Å². The number of nitro groups is 1. The van der Waals surface area contributed by atoms with Gasteiger partial charge < -0.3 is 4.74 Å². The molecule has 0 aliphatic rings. The molecule has 0 aliphatic carbocycles. The van der Waals surface area contributed by atoms with Gasteiger partial charge in [-0.15, -0.1) is 0 Å². The molecule has 0 fully saturated rings. The maximum atomic E-state index is 10.9. The van der Waals surface area contributed by atoms with E-state index in [9.17, 15) is 10.1 Å². The van der Waals surface area contributed by atoms with Crippen LogP contribution in [0, 0.1) is 10.1 Å². The highest BCUT2D eigenvalue weighted by Gasteiger charge is 2.29. The lowest BCUT2D eigenvalue weighted by molar-refractivity contribution is -0.384. The molecule has 0 bridgehead atoms. The third-order valence-corrected chi connectivity index (χ3v) is 4.00. The van der Waals surface area contributed by atoms with Crippen LogP contribution in [-0.2, 0) is 0 Å². The second-order valence-corrected chi connectivity index (χ2v) is 5.12. The quantitative estimate of drug-likeness (QED) is 0.386. The van der Waals surface area contributed by atoms with Crippen molar-refractivity contribution in [3.8, 4) is 11.5 Å². The molecule has 8 heteroatoms. The van der Waals surface area contributed by atoms with Crippen molar-refractivity contribution in [2.45, 2.75) is 0 Å². The Labute approximate surface area is 133 Å². The zero-order valence-electron chi connectivity index (χ0n) is 9.57. The Bertz CT molecular complexity index is 647. The summed E-state index contributed by atoms with van der Waals surface area (Å²) in [6.07, 6.45) is 0. The predicted octanol–water partition coefficient (Wildman–Crippen LogP) is 6.00. The lowest BCUT2D eigenvalue weighted by atomic mass is 10.3. The minimum Gasteiger partial charge on any atom is -0.454 e. The minimum atomic E-state index is -0.755. The summed E-state index contributed by atoms with van der Waals surface area (Å²) in [4.78, 5) is 10.1. The molecular formula is C12H5Cl4NO3. The first kappa shape index (κ1) is 15.2. The molecule has 0 atom stereocenters. The van der Waals surface area contributed by atoms with Crippen LogP contribution in [0.15, 0.2) is 30.3 Å². The van der Waals surface area contributed by atoms with E-state index in [-0.39, 0.29) is 25.8 Å². The minimum absolute atomic E-state index is 0.0277. The zero-order valence-corrected chi connectivity index (χ0v) is 12.6. The molecular weight excluding hydrogens is 348 g/mol. The molecule has 104 valence electrons. The average molecular weight is 353 g/mol. The molecule has 0 saturated heterocycles. The van der Waals surface area contributed by atoms with Gasteiger partial charge in [0.1, 0.15) is 25.8 Å². The van der Waals surface area contributed by atoms with E-state index in [4.69, 9.17) is 51.1 Å². The summed E-state index contributed by atoms with van der Waals surface area (Å²) in [7, 11) is 0. The first-order valence-corrected chi connectivity index (χ1v) is 6.68. The zero-order chi connectivity index (χ0) is 14.9. The molecule has 0 unspecified atom stereocenters. The number of hydrogen-bond donors (Lipinski definition) is 0. The van der Waals surface area contributed by atoms with Crippen LogP contribution in [0.2, 0.25) is 20.1 Å². The van der Waals surface area contributed by atoms with Gasteiger partial charge in [-0.05, 0) is 12.1 Å². The van der Waals surface area contributed by atoms with Crippen molar-refractivity contribution in [1.82, 2.24) is 0 Å². The molecule has 0 radical (unpaired) electrons. The van der Waals surface area contributed by atoms with Gasteiger partial charge in [0.05, 0.1) is 4.92 Å². The van der Waals surface area contributed by atoms with E-state index in [1.165, 1.54) is 0 Å². The van der Waals surface area contributed by atoms with Crippen LogP contribution in [0.3, 0.4) is 0 Å². The Kier molecular flexibility index (Phi) is 4.60. The van der Waals surface area contributed by atoms with Gasteiger partial charge in [-0.1, -0.05) is 64.6 Å². The second-order valence-electron chi connectivity index (χ2n) is 3.61. The Morgan fingerprint density at radius 1 is 0.900 bits per heavy atom. The largest absolute Gasteiger partial charge is 0.454 e. The van der Waals surface area contributed by atoms with E-state index in [1.54, 1.807) is 30.3 Å². The summed E-state index contributed by atoms with van der Waals surface area (Å²) in [5.41, 5.74) is -0.552. The number of benzene rings is 2. The monoisotopic (exact) mass is 351 g/mol. The van der Waals surface area contributed by atoms with Crippen LogP contribution in [0.5, 0.6) is 11.5 Å². The summed E-state index contributed by atoms with van der Waals surface area (Å²) in [6.45, 7) is 0. The molecule has 4 nitrogen and oxygen atoms in total. The molecule has 0 aromatic heterocycles. The number of nitro benzene ring substituents is 1. The lowest BCUT2D eigenvalue weighted by Gasteiger charge is -2.12. The molecule has 0 heterocycles. The molecule has 0 spiro atoms. The average Bonchev–Trinajstić information content (AvgIpc) is 2.42. The molecule has 2 aromatic rings. The van der Waals surface area contributed by atoms with E-state index in [0.717, 1.165) is 0 Å². The standard InChI is InChI=1S/C12H5Cl4NO3/c13-7-9(15)12(20-6-4-2-1-3-5-6)10(16)8(14)11(7)17(18)19/h1-5H. The lowest BCUT2D eigenvalue weighted by Crippen LogP contribution is -1.95. The number of halogens is 4. The fourth-order valence-electron chi connectivity index (χ4n) is 1.46. The molecule has 20 heavy (non-hydrogen) atoms. The van der Waals surface area contributed by atoms with Crippen molar-refractivity contribution in [3.05, 3.63) is 60.5 Å². The normalized spacial score (nSPS) is 10.4.